The smallest absolute Gasteiger partial charge is 0.167 e. The Balaban J connectivity index is 2.28. The lowest BCUT2D eigenvalue weighted by Crippen LogP contribution is -2.09. The van der Waals surface area contributed by atoms with Crippen molar-refractivity contribution in [2.75, 3.05) is 5.32 Å². The van der Waals surface area contributed by atoms with Crippen LogP contribution in [0.3, 0.4) is 0 Å². The third-order valence-electron chi connectivity index (χ3n) is 2.85. The Bertz CT molecular complexity index is 586. The van der Waals surface area contributed by atoms with Gasteiger partial charge >= 0.3 is 0 Å². The maximum absolute atomic E-state index is 9.34. The highest BCUT2D eigenvalue weighted by Gasteiger charge is 2.14. The van der Waals surface area contributed by atoms with E-state index in [-0.39, 0.29) is 0 Å². The molecule has 2 heterocycles. The first kappa shape index (κ1) is 13.4. The standard InChI is InChI=1S/C13H15N5S/c1-3-9-10(7-14)13(18-17-11(9)4-2)16-8-12-15-5-6-19-12/h5-6H,3-4,8H2,1-2H3,(H,16,18). The van der Waals surface area contributed by atoms with Gasteiger partial charge < -0.3 is 5.32 Å². The minimum atomic E-state index is 0.548. The molecule has 2 aromatic heterocycles. The number of rotatable bonds is 5. The third-order valence-corrected chi connectivity index (χ3v) is 3.63. The van der Waals surface area contributed by atoms with Crippen LogP contribution in [0.25, 0.3) is 0 Å². The summed E-state index contributed by atoms with van der Waals surface area (Å²) in [6.07, 6.45) is 3.33. The Morgan fingerprint density at radius 1 is 1.32 bits per heavy atom. The van der Waals surface area contributed by atoms with Gasteiger partial charge in [0.1, 0.15) is 16.6 Å². The van der Waals surface area contributed by atoms with Crippen molar-refractivity contribution in [3.05, 3.63) is 33.4 Å². The first-order valence-electron chi connectivity index (χ1n) is 6.20. The van der Waals surface area contributed by atoms with Crippen LogP contribution in [0.2, 0.25) is 0 Å². The fourth-order valence-corrected chi connectivity index (χ4v) is 2.47. The molecule has 0 aliphatic heterocycles. The van der Waals surface area contributed by atoms with Crippen LogP contribution in [0, 0.1) is 11.3 Å². The van der Waals surface area contributed by atoms with Gasteiger partial charge in [0.25, 0.3) is 0 Å². The number of thiazole rings is 1. The summed E-state index contributed by atoms with van der Waals surface area (Å²) in [5, 5.41) is 23.7. The summed E-state index contributed by atoms with van der Waals surface area (Å²) < 4.78 is 0. The summed E-state index contributed by atoms with van der Waals surface area (Å²) >= 11 is 1.57. The molecule has 2 aromatic rings. The van der Waals surface area contributed by atoms with Crippen LogP contribution in [-0.2, 0) is 19.4 Å². The van der Waals surface area contributed by atoms with E-state index in [2.05, 4.69) is 26.6 Å². The lowest BCUT2D eigenvalue weighted by molar-refractivity contribution is 0.868. The lowest BCUT2D eigenvalue weighted by atomic mass is 10.0. The van der Waals surface area contributed by atoms with Gasteiger partial charge in [-0.15, -0.1) is 16.4 Å². The Kier molecular flexibility index (Phi) is 4.42. The van der Waals surface area contributed by atoms with Gasteiger partial charge in [-0.25, -0.2) is 4.98 Å². The molecule has 0 radical (unpaired) electrons. The molecule has 5 nitrogen and oxygen atoms in total. The molecule has 1 N–H and O–H groups in total. The van der Waals surface area contributed by atoms with Gasteiger partial charge in [0, 0.05) is 11.6 Å². The highest BCUT2D eigenvalue weighted by Crippen LogP contribution is 2.20. The van der Waals surface area contributed by atoms with Crippen LogP contribution in [-0.4, -0.2) is 15.2 Å². The summed E-state index contributed by atoms with van der Waals surface area (Å²) in [6, 6.07) is 2.24. The van der Waals surface area contributed by atoms with E-state index < -0.39 is 0 Å². The van der Waals surface area contributed by atoms with E-state index in [9.17, 15) is 5.26 Å². The zero-order valence-corrected chi connectivity index (χ0v) is 11.8. The zero-order chi connectivity index (χ0) is 13.7. The summed E-state index contributed by atoms with van der Waals surface area (Å²) in [6.45, 7) is 4.62. The van der Waals surface area contributed by atoms with Gasteiger partial charge in [-0.3, -0.25) is 0 Å². The molecule has 0 spiro atoms. The molecule has 0 aliphatic rings. The van der Waals surface area contributed by atoms with Crippen LogP contribution in [0.5, 0.6) is 0 Å². The lowest BCUT2D eigenvalue weighted by Gasteiger charge is -2.11. The average molecular weight is 273 g/mol. The largest absolute Gasteiger partial charge is 0.361 e. The van der Waals surface area contributed by atoms with Crippen LogP contribution in [0.15, 0.2) is 11.6 Å². The van der Waals surface area contributed by atoms with E-state index in [1.54, 1.807) is 17.5 Å². The topological polar surface area (TPSA) is 74.5 Å². The maximum atomic E-state index is 9.34. The van der Waals surface area contributed by atoms with E-state index in [1.807, 2.05) is 19.2 Å². The minimum absolute atomic E-state index is 0.548. The molecule has 0 aromatic carbocycles. The van der Waals surface area contributed by atoms with Gasteiger partial charge in [-0.2, -0.15) is 10.4 Å². The molecule has 0 unspecified atom stereocenters. The molecule has 0 aliphatic carbocycles. The van der Waals surface area contributed by atoms with Crippen molar-refractivity contribution in [1.29, 1.82) is 5.26 Å². The molecule has 0 saturated heterocycles. The fraction of sp³-hybridized carbons (Fsp3) is 0.385. The molecule has 0 amide bonds. The molecular weight excluding hydrogens is 258 g/mol. The third kappa shape index (κ3) is 2.88. The number of nitriles is 1. The second-order valence-corrected chi connectivity index (χ2v) is 4.93. The van der Waals surface area contributed by atoms with Gasteiger partial charge in [-0.1, -0.05) is 13.8 Å². The van der Waals surface area contributed by atoms with E-state index in [0.717, 1.165) is 29.1 Å². The normalized spacial score (nSPS) is 10.2. The summed E-state index contributed by atoms with van der Waals surface area (Å²) in [5.74, 6) is 0.548. The molecular formula is C13H15N5S. The second kappa shape index (κ2) is 6.25. The molecule has 0 fully saturated rings. The number of nitrogens with one attached hydrogen (secondary N) is 1. The average Bonchev–Trinajstić information content (AvgIpc) is 2.96. The van der Waals surface area contributed by atoms with Crippen molar-refractivity contribution in [3.8, 4) is 6.07 Å². The fourth-order valence-electron chi connectivity index (χ4n) is 1.92. The van der Waals surface area contributed by atoms with Crippen molar-refractivity contribution in [1.82, 2.24) is 15.2 Å². The van der Waals surface area contributed by atoms with Crippen molar-refractivity contribution in [2.24, 2.45) is 0 Å². The van der Waals surface area contributed by atoms with E-state index in [1.165, 1.54) is 0 Å². The van der Waals surface area contributed by atoms with E-state index in [0.29, 0.717) is 17.9 Å². The number of nitrogens with zero attached hydrogens (tertiary/aromatic N) is 4. The highest BCUT2D eigenvalue weighted by atomic mass is 32.1. The first-order chi connectivity index (χ1) is 9.30. The zero-order valence-electron chi connectivity index (χ0n) is 11.0. The Hall–Kier alpha value is -2.00. The SMILES string of the molecule is CCc1nnc(NCc2nccs2)c(C#N)c1CC. The molecule has 0 bridgehead atoms. The first-order valence-corrected chi connectivity index (χ1v) is 7.08. The van der Waals surface area contributed by atoms with Crippen molar-refractivity contribution >= 4 is 17.2 Å². The monoisotopic (exact) mass is 273 g/mol. The number of aryl methyl sites for hydroxylation is 1. The molecule has 19 heavy (non-hydrogen) atoms. The summed E-state index contributed by atoms with van der Waals surface area (Å²) in [5.41, 5.74) is 2.49. The summed E-state index contributed by atoms with van der Waals surface area (Å²) in [4.78, 5) is 4.19. The highest BCUT2D eigenvalue weighted by molar-refractivity contribution is 7.09. The number of hydrogen-bond donors (Lipinski definition) is 1. The number of anilines is 1. The van der Waals surface area contributed by atoms with Gasteiger partial charge in [-0.05, 0) is 18.4 Å². The number of aromatic nitrogens is 3. The van der Waals surface area contributed by atoms with Crippen LogP contribution < -0.4 is 5.32 Å². The molecule has 0 atom stereocenters. The second-order valence-electron chi connectivity index (χ2n) is 3.95. The Labute approximate surface area is 116 Å². The molecule has 6 heteroatoms. The summed E-state index contributed by atoms with van der Waals surface area (Å²) in [7, 11) is 0. The van der Waals surface area contributed by atoms with Crippen molar-refractivity contribution in [3.63, 3.8) is 0 Å². The molecule has 2 rings (SSSR count). The molecule has 0 saturated carbocycles. The maximum Gasteiger partial charge on any atom is 0.167 e. The predicted octanol–water partition coefficient (Wildman–Crippen LogP) is 2.54. The Morgan fingerprint density at radius 2 is 2.16 bits per heavy atom. The number of hydrogen-bond acceptors (Lipinski definition) is 6. The quantitative estimate of drug-likeness (QED) is 0.906. The van der Waals surface area contributed by atoms with Gasteiger partial charge in [0.2, 0.25) is 0 Å². The van der Waals surface area contributed by atoms with Crippen LogP contribution in [0.4, 0.5) is 5.82 Å². The Morgan fingerprint density at radius 3 is 2.74 bits per heavy atom. The minimum Gasteiger partial charge on any atom is -0.361 e. The van der Waals surface area contributed by atoms with Gasteiger partial charge in [0.05, 0.1) is 12.2 Å². The van der Waals surface area contributed by atoms with Crippen molar-refractivity contribution < 1.29 is 0 Å². The molecule has 98 valence electrons. The predicted molar refractivity (Wildman–Crippen MR) is 74.9 cm³/mol. The van der Waals surface area contributed by atoms with Crippen LogP contribution >= 0.6 is 11.3 Å². The van der Waals surface area contributed by atoms with Gasteiger partial charge in [0.15, 0.2) is 5.82 Å². The van der Waals surface area contributed by atoms with Crippen molar-refractivity contribution in [2.45, 2.75) is 33.2 Å². The van der Waals surface area contributed by atoms with E-state index >= 15 is 0 Å². The van der Waals surface area contributed by atoms with Crippen LogP contribution in [0.1, 0.15) is 35.7 Å². The van der Waals surface area contributed by atoms with E-state index in [4.69, 9.17) is 0 Å².